The summed E-state index contributed by atoms with van der Waals surface area (Å²) in [7, 11) is 0. The van der Waals surface area contributed by atoms with Crippen LogP contribution in [0.3, 0.4) is 0 Å². The highest BCUT2D eigenvalue weighted by Gasteiger charge is 2.39. The molecule has 1 aromatic carbocycles. The van der Waals surface area contributed by atoms with E-state index in [-0.39, 0.29) is 29.5 Å². The van der Waals surface area contributed by atoms with Gasteiger partial charge in [-0.2, -0.15) is 0 Å². The minimum atomic E-state index is -0.511. The number of hydrogen-bond donors (Lipinski definition) is 2. The van der Waals surface area contributed by atoms with Gasteiger partial charge >= 0.3 is 0 Å². The van der Waals surface area contributed by atoms with Gasteiger partial charge in [0.25, 0.3) is 5.91 Å². The Balaban J connectivity index is 1.71. The van der Waals surface area contributed by atoms with Crippen LogP contribution in [0, 0.1) is 17.7 Å². The predicted octanol–water partition coefficient (Wildman–Crippen LogP) is 2.72. The summed E-state index contributed by atoms with van der Waals surface area (Å²) in [6, 6.07) is 3.66. The highest BCUT2D eigenvalue weighted by atomic mass is 19.1. The number of amides is 2. The average molecular weight is 334 g/mol. The molecule has 130 valence electrons. The molecule has 24 heavy (non-hydrogen) atoms. The van der Waals surface area contributed by atoms with Gasteiger partial charge in [-0.1, -0.05) is 6.92 Å². The molecule has 4 unspecified atom stereocenters. The maximum absolute atomic E-state index is 13.6. The highest BCUT2D eigenvalue weighted by Crippen LogP contribution is 2.38. The number of halogens is 1. The summed E-state index contributed by atoms with van der Waals surface area (Å²) in [4.78, 5) is 24.7. The van der Waals surface area contributed by atoms with Crippen LogP contribution in [0.2, 0.25) is 0 Å². The lowest BCUT2D eigenvalue weighted by atomic mass is 10.1. The summed E-state index contributed by atoms with van der Waals surface area (Å²) in [5, 5.41) is 5.61. The first-order chi connectivity index (χ1) is 11.5. The lowest BCUT2D eigenvalue weighted by Gasteiger charge is -2.21. The molecule has 0 aromatic heterocycles. The van der Waals surface area contributed by atoms with Gasteiger partial charge in [0.1, 0.15) is 5.82 Å². The Morgan fingerprint density at radius 3 is 2.75 bits per heavy atom. The van der Waals surface area contributed by atoms with Crippen molar-refractivity contribution in [2.45, 2.75) is 45.3 Å². The molecule has 1 aliphatic heterocycles. The van der Waals surface area contributed by atoms with E-state index in [1.807, 2.05) is 13.8 Å². The number of ether oxygens (including phenoxy) is 1. The Hall–Kier alpha value is -1.95. The van der Waals surface area contributed by atoms with E-state index in [9.17, 15) is 14.0 Å². The fraction of sp³-hybridized carbons (Fsp3) is 0.556. The summed E-state index contributed by atoms with van der Waals surface area (Å²) in [5.74, 6) is -0.686. The molecule has 2 amide bonds. The molecule has 1 saturated heterocycles. The zero-order valence-corrected chi connectivity index (χ0v) is 14.0. The molecule has 0 bridgehead atoms. The average Bonchev–Trinajstić information content (AvgIpc) is 3.05. The van der Waals surface area contributed by atoms with Gasteiger partial charge in [0.2, 0.25) is 5.91 Å². The topological polar surface area (TPSA) is 67.4 Å². The maximum Gasteiger partial charge on any atom is 0.253 e. The second-order valence-electron chi connectivity index (χ2n) is 6.81. The third kappa shape index (κ3) is 3.75. The van der Waals surface area contributed by atoms with Gasteiger partial charge in [-0.05, 0) is 50.3 Å². The van der Waals surface area contributed by atoms with Crippen LogP contribution in [-0.2, 0) is 9.53 Å². The van der Waals surface area contributed by atoms with Crippen LogP contribution in [0.25, 0.3) is 0 Å². The molecule has 2 fully saturated rings. The summed E-state index contributed by atoms with van der Waals surface area (Å²) in [6.07, 6.45) is 2.71. The highest BCUT2D eigenvalue weighted by molar-refractivity contribution is 6.04. The number of anilines is 1. The van der Waals surface area contributed by atoms with Crippen molar-refractivity contribution in [3.63, 3.8) is 0 Å². The van der Waals surface area contributed by atoms with Gasteiger partial charge < -0.3 is 15.4 Å². The zero-order chi connectivity index (χ0) is 17.3. The van der Waals surface area contributed by atoms with E-state index in [0.29, 0.717) is 18.2 Å². The van der Waals surface area contributed by atoms with E-state index in [0.717, 1.165) is 25.3 Å². The number of carbonyl (C=O) groups excluding carboxylic acids is 2. The Kier molecular flexibility index (Phi) is 4.85. The van der Waals surface area contributed by atoms with E-state index in [4.69, 9.17) is 4.74 Å². The first-order valence-corrected chi connectivity index (χ1v) is 8.48. The van der Waals surface area contributed by atoms with Gasteiger partial charge in [-0.3, -0.25) is 9.59 Å². The molecule has 5 nitrogen and oxygen atoms in total. The Labute approximate surface area is 141 Å². The molecule has 1 aromatic rings. The van der Waals surface area contributed by atoms with Crippen molar-refractivity contribution in [3.05, 3.63) is 29.6 Å². The van der Waals surface area contributed by atoms with E-state index in [2.05, 4.69) is 10.6 Å². The molecule has 3 rings (SSSR count). The molecule has 0 radical (unpaired) electrons. The van der Waals surface area contributed by atoms with Crippen molar-refractivity contribution in [2.24, 2.45) is 11.8 Å². The Morgan fingerprint density at radius 1 is 1.38 bits per heavy atom. The van der Waals surface area contributed by atoms with Gasteiger partial charge in [0, 0.05) is 12.5 Å². The Morgan fingerprint density at radius 2 is 2.12 bits per heavy atom. The van der Waals surface area contributed by atoms with Crippen LogP contribution in [0.1, 0.15) is 43.5 Å². The molecule has 1 heterocycles. The van der Waals surface area contributed by atoms with E-state index >= 15 is 0 Å². The van der Waals surface area contributed by atoms with Gasteiger partial charge in [-0.15, -0.1) is 0 Å². The fourth-order valence-electron chi connectivity index (χ4n) is 3.10. The molecule has 6 heteroatoms. The largest absolute Gasteiger partial charge is 0.376 e. The van der Waals surface area contributed by atoms with Crippen molar-refractivity contribution < 1.29 is 18.7 Å². The minimum absolute atomic E-state index is 0.0169. The van der Waals surface area contributed by atoms with Crippen LogP contribution in [-0.4, -0.2) is 30.6 Å². The third-order valence-corrected chi connectivity index (χ3v) is 4.81. The minimum Gasteiger partial charge on any atom is -0.376 e. The van der Waals surface area contributed by atoms with Crippen molar-refractivity contribution in [2.75, 3.05) is 11.9 Å². The zero-order valence-electron chi connectivity index (χ0n) is 14.0. The molecule has 2 N–H and O–H groups in total. The first kappa shape index (κ1) is 16.9. The standard InChI is InChI=1S/C18H23FN2O3/c1-10-8-13(10)17(22)21-15-6-5-12(19)9-14(15)18(23)20-11(2)16-4-3-7-24-16/h5-6,9-11,13,16H,3-4,7-8H2,1-2H3,(H,20,23)(H,21,22). The van der Waals surface area contributed by atoms with E-state index in [1.165, 1.54) is 12.1 Å². The summed E-state index contributed by atoms with van der Waals surface area (Å²) in [6.45, 7) is 4.58. The molecular weight excluding hydrogens is 311 g/mol. The van der Waals surface area contributed by atoms with Crippen LogP contribution in [0.4, 0.5) is 10.1 Å². The number of hydrogen-bond acceptors (Lipinski definition) is 3. The smallest absolute Gasteiger partial charge is 0.253 e. The summed E-state index contributed by atoms with van der Waals surface area (Å²) >= 11 is 0. The van der Waals surface area contributed by atoms with Crippen molar-refractivity contribution >= 4 is 17.5 Å². The normalized spacial score (nSPS) is 26.7. The molecule has 1 saturated carbocycles. The Bertz CT molecular complexity index is 643. The van der Waals surface area contributed by atoms with Gasteiger partial charge in [0.05, 0.1) is 23.4 Å². The molecule has 2 aliphatic rings. The number of rotatable bonds is 5. The SMILES string of the molecule is CC1CC1C(=O)Nc1ccc(F)cc1C(=O)NC(C)C1CCCO1. The second-order valence-corrected chi connectivity index (χ2v) is 6.81. The molecule has 0 spiro atoms. The number of nitrogens with one attached hydrogen (secondary N) is 2. The second kappa shape index (κ2) is 6.89. The van der Waals surface area contributed by atoms with E-state index < -0.39 is 11.7 Å². The molecule has 4 atom stereocenters. The monoisotopic (exact) mass is 334 g/mol. The van der Waals surface area contributed by atoms with Gasteiger partial charge in [0.15, 0.2) is 0 Å². The quantitative estimate of drug-likeness (QED) is 0.870. The number of benzene rings is 1. The van der Waals surface area contributed by atoms with Crippen LogP contribution in [0.5, 0.6) is 0 Å². The molecule has 1 aliphatic carbocycles. The lowest BCUT2D eigenvalue weighted by molar-refractivity contribution is -0.117. The van der Waals surface area contributed by atoms with Crippen LogP contribution < -0.4 is 10.6 Å². The van der Waals surface area contributed by atoms with Crippen molar-refractivity contribution in [1.82, 2.24) is 5.32 Å². The van der Waals surface area contributed by atoms with Crippen molar-refractivity contribution in [1.29, 1.82) is 0 Å². The fourth-order valence-corrected chi connectivity index (χ4v) is 3.10. The third-order valence-electron chi connectivity index (χ3n) is 4.81. The molecular formula is C18H23FN2O3. The van der Waals surface area contributed by atoms with Gasteiger partial charge in [-0.25, -0.2) is 4.39 Å². The maximum atomic E-state index is 13.6. The summed E-state index contributed by atoms with van der Waals surface area (Å²) in [5.41, 5.74) is 0.485. The predicted molar refractivity (Wildman–Crippen MR) is 88.2 cm³/mol. The van der Waals surface area contributed by atoms with E-state index in [1.54, 1.807) is 0 Å². The lowest BCUT2D eigenvalue weighted by Crippen LogP contribution is -2.41. The van der Waals surface area contributed by atoms with Crippen LogP contribution in [0.15, 0.2) is 18.2 Å². The first-order valence-electron chi connectivity index (χ1n) is 8.48. The summed E-state index contributed by atoms with van der Waals surface area (Å²) < 4.78 is 19.2. The van der Waals surface area contributed by atoms with Crippen LogP contribution >= 0.6 is 0 Å². The van der Waals surface area contributed by atoms with Crippen molar-refractivity contribution in [3.8, 4) is 0 Å². The number of carbonyl (C=O) groups is 2.